The monoisotopic (exact) mass is 614 g/mol. The highest BCUT2D eigenvalue weighted by molar-refractivity contribution is 6.25. The third kappa shape index (κ3) is 4.01. The summed E-state index contributed by atoms with van der Waals surface area (Å²) in [6.07, 6.45) is 0. The quantitative estimate of drug-likeness (QED) is 0.198. The summed E-state index contributed by atoms with van der Waals surface area (Å²) in [5.74, 6) is 1.81. The zero-order valence-corrected chi connectivity index (χ0v) is 25.7. The minimum absolute atomic E-state index is 0.571. The lowest BCUT2D eigenvalue weighted by molar-refractivity contribution is 0.673. The number of hydrogen-bond acceptors (Lipinski definition) is 4. The Bertz CT molecular complexity index is 2770. The van der Waals surface area contributed by atoms with E-state index in [1.54, 1.807) is 0 Å². The SMILES string of the molecule is c1ccc(-c2nc(-c3ccccc3)nc(-c3cccc4c3oc3c4ccc4c3c3ccccc3n4-c3cccc4ccccc34)n2)cc1. The zero-order valence-electron chi connectivity index (χ0n) is 25.7. The van der Waals surface area contributed by atoms with Gasteiger partial charge in [-0.3, -0.25) is 0 Å². The summed E-state index contributed by atoms with van der Waals surface area (Å²) in [5, 5.41) is 6.72. The smallest absolute Gasteiger partial charge is 0.167 e. The van der Waals surface area contributed by atoms with Crippen LogP contribution in [0.15, 0.2) is 162 Å². The van der Waals surface area contributed by atoms with E-state index >= 15 is 0 Å². The first kappa shape index (κ1) is 26.6. The molecular formula is C43H26N4O. The lowest BCUT2D eigenvalue weighted by Gasteiger charge is -2.11. The molecule has 0 aliphatic heterocycles. The summed E-state index contributed by atoms with van der Waals surface area (Å²) < 4.78 is 9.34. The number of benzene rings is 7. The number of rotatable bonds is 4. The van der Waals surface area contributed by atoms with E-state index in [0.717, 1.165) is 66.1 Å². The Hall–Kier alpha value is -6.59. The summed E-state index contributed by atoms with van der Waals surface area (Å²) in [6.45, 7) is 0. The van der Waals surface area contributed by atoms with Gasteiger partial charge in [0.15, 0.2) is 17.5 Å². The number of hydrogen-bond donors (Lipinski definition) is 0. The van der Waals surface area contributed by atoms with Crippen molar-refractivity contribution in [3.8, 4) is 39.9 Å². The molecule has 0 saturated carbocycles. The van der Waals surface area contributed by atoms with E-state index in [1.807, 2.05) is 66.7 Å². The minimum Gasteiger partial charge on any atom is -0.455 e. The molecule has 0 atom stereocenters. The molecule has 0 aliphatic carbocycles. The third-order valence-corrected chi connectivity index (χ3v) is 9.25. The van der Waals surface area contributed by atoms with E-state index in [-0.39, 0.29) is 0 Å². The second-order valence-electron chi connectivity index (χ2n) is 12.0. The lowest BCUT2D eigenvalue weighted by Crippen LogP contribution is -2.00. The van der Waals surface area contributed by atoms with Crippen molar-refractivity contribution in [2.24, 2.45) is 0 Å². The number of furan rings is 1. The van der Waals surface area contributed by atoms with Crippen LogP contribution in [0.2, 0.25) is 0 Å². The summed E-state index contributed by atoms with van der Waals surface area (Å²) in [6, 6.07) is 54.4. The first-order valence-corrected chi connectivity index (χ1v) is 16.0. The number of fused-ring (bicyclic) bond motifs is 8. The van der Waals surface area contributed by atoms with Crippen molar-refractivity contribution in [3.05, 3.63) is 158 Å². The van der Waals surface area contributed by atoms with Gasteiger partial charge in [-0.25, -0.2) is 15.0 Å². The van der Waals surface area contributed by atoms with Crippen LogP contribution < -0.4 is 0 Å². The Morgan fingerprint density at radius 3 is 1.75 bits per heavy atom. The molecule has 224 valence electrons. The molecule has 7 aromatic carbocycles. The minimum atomic E-state index is 0.571. The van der Waals surface area contributed by atoms with Gasteiger partial charge < -0.3 is 8.98 Å². The molecule has 0 bridgehead atoms. The highest BCUT2D eigenvalue weighted by Gasteiger charge is 2.22. The Morgan fingerprint density at radius 2 is 0.979 bits per heavy atom. The molecule has 0 saturated heterocycles. The second kappa shape index (κ2) is 10.5. The van der Waals surface area contributed by atoms with Gasteiger partial charge in [0.25, 0.3) is 0 Å². The fourth-order valence-corrected chi connectivity index (χ4v) is 7.08. The Morgan fingerprint density at radius 1 is 0.396 bits per heavy atom. The fraction of sp³-hybridized carbons (Fsp3) is 0. The molecule has 3 heterocycles. The van der Waals surface area contributed by atoms with Gasteiger partial charge in [0.1, 0.15) is 11.2 Å². The maximum atomic E-state index is 6.97. The van der Waals surface area contributed by atoms with Gasteiger partial charge >= 0.3 is 0 Å². The van der Waals surface area contributed by atoms with Crippen LogP contribution in [0.3, 0.4) is 0 Å². The van der Waals surface area contributed by atoms with Gasteiger partial charge in [-0.1, -0.05) is 127 Å². The lowest BCUT2D eigenvalue weighted by atomic mass is 10.1. The summed E-state index contributed by atoms with van der Waals surface area (Å²) in [7, 11) is 0. The highest BCUT2D eigenvalue weighted by atomic mass is 16.3. The van der Waals surface area contributed by atoms with Crippen LogP contribution in [0.5, 0.6) is 0 Å². The molecule has 0 radical (unpaired) electrons. The molecule has 0 spiro atoms. The number of aromatic nitrogens is 4. The van der Waals surface area contributed by atoms with Gasteiger partial charge in [0, 0.05) is 32.7 Å². The van der Waals surface area contributed by atoms with Crippen molar-refractivity contribution in [2.45, 2.75) is 0 Å². The van der Waals surface area contributed by atoms with Crippen LogP contribution in [0.4, 0.5) is 0 Å². The van der Waals surface area contributed by atoms with Crippen molar-refractivity contribution in [2.75, 3.05) is 0 Å². The maximum absolute atomic E-state index is 6.97. The fourth-order valence-electron chi connectivity index (χ4n) is 7.08. The van der Waals surface area contributed by atoms with Gasteiger partial charge in [-0.15, -0.1) is 0 Å². The average molecular weight is 615 g/mol. The van der Waals surface area contributed by atoms with Gasteiger partial charge in [-0.2, -0.15) is 0 Å². The Balaban J connectivity index is 1.26. The third-order valence-electron chi connectivity index (χ3n) is 9.25. The van der Waals surface area contributed by atoms with Crippen molar-refractivity contribution in [3.63, 3.8) is 0 Å². The number of para-hydroxylation sites is 2. The van der Waals surface area contributed by atoms with E-state index in [9.17, 15) is 0 Å². The van der Waals surface area contributed by atoms with E-state index < -0.39 is 0 Å². The van der Waals surface area contributed by atoms with Gasteiger partial charge in [-0.05, 0) is 35.7 Å². The summed E-state index contributed by atoms with van der Waals surface area (Å²) >= 11 is 0. The first-order valence-electron chi connectivity index (χ1n) is 16.0. The summed E-state index contributed by atoms with van der Waals surface area (Å²) in [4.78, 5) is 14.9. The van der Waals surface area contributed by atoms with Crippen molar-refractivity contribution < 1.29 is 4.42 Å². The predicted molar refractivity (Wildman–Crippen MR) is 195 cm³/mol. The zero-order chi connectivity index (χ0) is 31.6. The molecule has 5 nitrogen and oxygen atoms in total. The highest BCUT2D eigenvalue weighted by Crippen LogP contribution is 2.43. The van der Waals surface area contributed by atoms with Crippen molar-refractivity contribution >= 4 is 54.5 Å². The normalized spacial score (nSPS) is 11.8. The Labute approximate surface area is 275 Å². The van der Waals surface area contributed by atoms with E-state index in [1.165, 1.54) is 10.8 Å². The van der Waals surface area contributed by atoms with E-state index in [4.69, 9.17) is 19.4 Å². The van der Waals surface area contributed by atoms with E-state index in [0.29, 0.717) is 17.5 Å². The molecule has 5 heteroatoms. The van der Waals surface area contributed by atoms with Crippen LogP contribution in [-0.2, 0) is 0 Å². The van der Waals surface area contributed by atoms with Gasteiger partial charge in [0.05, 0.1) is 27.7 Å². The largest absolute Gasteiger partial charge is 0.455 e. The maximum Gasteiger partial charge on any atom is 0.167 e. The van der Waals surface area contributed by atoms with Gasteiger partial charge in [0.2, 0.25) is 0 Å². The van der Waals surface area contributed by atoms with Crippen LogP contribution >= 0.6 is 0 Å². The molecule has 10 rings (SSSR count). The van der Waals surface area contributed by atoms with Crippen LogP contribution in [0.1, 0.15) is 0 Å². The molecule has 0 N–H and O–H groups in total. The molecule has 0 fully saturated rings. The number of nitrogens with zero attached hydrogens (tertiary/aromatic N) is 4. The molecule has 0 aliphatic rings. The van der Waals surface area contributed by atoms with Crippen LogP contribution in [-0.4, -0.2) is 19.5 Å². The molecule has 0 amide bonds. The molecular weight excluding hydrogens is 589 g/mol. The van der Waals surface area contributed by atoms with Crippen molar-refractivity contribution in [1.29, 1.82) is 0 Å². The van der Waals surface area contributed by atoms with E-state index in [2.05, 4.69) is 95.6 Å². The predicted octanol–water partition coefficient (Wildman–Crippen LogP) is 11.0. The molecule has 0 unspecified atom stereocenters. The topological polar surface area (TPSA) is 56.7 Å². The van der Waals surface area contributed by atoms with Crippen molar-refractivity contribution in [1.82, 2.24) is 19.5 Å². The second-order valence-corrected chi connectivity index (χ2v) is 12.0. The Kier molecular flexibility index (Phi) is 5.81. The molecule has 10 aromatic rings. The average Bonchev–Trinajstić information content (AvgIpc) is 3.71. The summed E-state index contributed by atoms with van der Waals surface area (Å²) in [5.41, 5.74) is 7.66. The first-order chi connectivity index (χ1) is 23.8. The van der Waals surface area contributed by atoms with Crippen LogP contribution in [0.25, 0.3) is 94.4 Å². The molecule has 48 heavy (non-hydrogen) atoms. The standard InChI is InChI=1S/C43H26N4O/c1-3-14-28(15-4-1)41-44-42(29-16-5-2-6-17-29)46-43(45-41)34-22-12-21-31-32-25-26-37-38(40(32)48-39(31)34)33-20-9-10-23-36(33)47(37)35-24-11-18-27-13-7-8-19-30(27)35/h1-26H. The van der Waals surface area contributed by atoms with Crippen LogP contribution in [0, 0.1) is 0 Å². The molecule has 3 aromatic heterocycles.